The van der Waals surface area contributed by atoms with Crippen LogP contribution in [-0.4, -0.2) is 30.3 Å². The van der Waals surface area contributed by atoms with Gasteiger partial charge < -0.3 is 10.2 Å². The molecule has 0 aliphatic rings. The molecule has 120 valence electrons. The Hall–Kier alpha value is -1.60. The van der Waals surface area contributed by atoms with Crippen LogP contribution in [0.5, 0.6) is 0 Å². The number of halogens is 2. The fraction of sp³-hybridized carbons (Fsp3) is 0.176. The molecular weight excluding hydrogens is 427 g/mol. The van der Waals surface area contributed by atoms with Crippen molar-refractivity contribution < 1.29 is 9.59 Å². The molecule has 6 heteroatoms. The minimum Gasteiger partial charge on any atom is -0.332 e. The van der Waals surface area contributed by atoms with Gasteiger partial charge in [-0.3, -0.25) is 9.59 Å². The maximum Gasteiger partial charge on any atom is 0.254 e. The van der Waals surface area contributed by atoms with Crippen molar-refractivity contribution in [3.63, 3.8) is 0 Å². The van der Waals surface area contributed by atoms with E-state index in [-0.39, 0.29) is 18.4 Å². The minimum atomic E-state index is -0.242. The molecule has 0 unspecified atom stereocenters. The van der Waals surface area contributed by atoms with Gasteiger partial charge in [-0.1, -0.05) is 29.3 Å². The van der Waals surface area contributed by atoms with E-state index in [2.05, 4.69) is 27.9 Å². The first-order valence-electron chi connectivity index (χ1n) is 6.94. The predicted octanol–water partition coefficient (Wildman–Crippen LogP) is 3.96. The Balaban J connectivity index is 1.98. The summed E-state index contributed by atoms with van der Waals surface area (Å²) in [6, 6.07) is 12.5. The molecule has 0 atom stereocenters. The molecule has 0 aliphatic heterocycles. The van der Waals surface area contributed by atoms with Crippen LogP contribution in [0.15, 0.2) is 42.5 Å². The van der Waals surface area contributed by atoms with Crippen molar-refractivity contribution in [2.75, 3.05) is 18.9 Å². The first-order chi connectivity index (χ1) is 10.9. The van der Waals surface area contributed by atoms with Gasteiger partial charge in [0.25, 0.3) is 5.91 Å². The first-order valence-corrected chi connectivity index (χ1v) is 8.39. The lowest BCUT2D eigenvalue weighted by Crippen LogP contribution is -2.34. The second-order valence-corrected chi connectivity index (χ2v) is 6.77. The monoisotopic (exact) mass is 442 g/mol. The number of amides is 2. The summed E-state index contributed by atoms with van der Waals surface area (Å²) in [4.78, 5) is 25.8. The third-order valence-corrected chi connectivity index (χ3v) is 4.77. The largest absolute Gasteiger partial charge is 0.332 e. The average Bonchev–Trinajstić information content (AvgIpc) is 2.51. The molecule has 0 radical (unpaired) electrons. The van der Waals surface area contributed by atoms with E-state index in [0.717, 1.165) is 9.13 Å². The lowest BCUT2D eigenvalue weighted by molar-refractivity contribution is -0.116. The predicted molar refractivity (Wildman–Crippen MR) is 101 cm³/mol. The van der Waals surface area contributed by atoms with Crippen molar-refractivity contribution in [3.8, 4) is 0 Å². The van der Waals surface area contributed by atoms with Crippen LogP contribution in [0.2, 0.25) is 5.02 Å². The molecule has 0 saturated carbocycles. The third kappa shape index (κ3) is 4.94. The molecular formula is C17H16ClIN2O2. The van der Waals surface area contributed by atoms with Gasteiger partial charge in [0.05, 0.1) is 11.6 Å². The number of nitrogens with zero attached hydrogens (tertiary/aromatic N) is 1. The number of carbonyl (C=O) groups is 2. The van der Waals surface area contributed by atoms with E-state index in [4.69, 9.17) is 11.6 Å². The van der Waals surface area contributed by atoms with Gasteiger partial charge in [-0.15, -0.1) is 0 Å². The standard InChI is InChI=1S/C17H16ClIN2O2/c1-11-3-6-13(7-4-11)20-16(22)10-21(2)17(23)12-5-8-14(18)15(19)9-12/h3-9H,10H2,1-2H3,(H,20,22). The van der Waals surface area contributed by atoms with Crippen LogP contribution in [-0.2, 0) is 4.79 Å². The van der Waals surface area contributed by atoms with Crippen LogP contribution in [0, 0.1) is 10.5 Å². The molecule has 0 aliphatic carbocycles. The van der Waals surface area contributed by atoms with Crippen molar-refractivity contribution in [2.45, 2.75) is 6.92 Å². The smallest absolute Gasteiger partial charge is 0.254 e. The van der Waals surface area contributed by atoms with Gasteiger partial charge in [0.15, 0.2) is 0 Å². The van der Waals surface area contributed by atoms with Gasteiger partial charge >= 0.3 is 0 Å². The van der Waals surface area contributed by atoms with Crippen LogP contribution >= 0.6 is 34.2 Å². The van der Waals surface area contributed by atoms with E-state index in [1.54, 1.807) is 25.2 Å². The highest BCUT2D eigenvalue weighted by atomic mass is 127. The molecule has 2 aromatic carbocycles. The molecule has 2 amide bonds. The third-order valence-electron chi connectivity index (χ3n) is 3.23. The zero-order valence-corrected chi connectivity index (χ0v) is 15.7. The van der Waals surface area contributed by atoms with Crippen LogP contribution < -0.4 is 5.32 Å². The Morgan fingerprint density at radius 1 is 1.17 bits per heavy atom. The molecule has 2 aromatic rings. The molecule has 0 aromatic heterocycles. The maximum atomic E-state index is 12.3. The molecule has 2 rings (SSSR count). The second-order valence-electron chi connectivity index (χ2n) is 5.20. The molecule has 0 heterocycles. The van der Waals surface area contributed by atoms with E-state index in [1.807, 2.05) is 31.2 Å². The summed E-state index contributed by atoms with van der Waals surface area (Å²) in [5.74, 6) is -0.466. The number of hydrogen-bond acceptors (Lipinski definition) is 2. The molecule has 0 bridgehead atoms. The Labute approximate surface area is 154 Å². The zero-order chi connectivity index (χ0) is 17.0. The van der Waals surface area contributed by atoms with Crippen molar-refractivity contribution in [2.24, 2.45) is 0 Å². The topological polar surface area (TPSA) is 49.4 Å². The highest BCUT2D eigenvalue weighted by Gasteiger charge is 2.16. The second kappa shape index (κ2) is 7.79. The van der Waals surface area contributed by atoms with Crippen LogP contribution in [0.25, 0.3) is 0 Å². The highest BCUT2D eigenvalue weighted by Crippen LogP contribution is 2.20. The molecule has 23 heavy (non-hydrogen) atoms. The lowest BCUT2D eigenvalue weighted by atomic mass is 10.2. The van der Waals surface area contributed by atoms with Crippen LogP contribution in [0.4, 0.5) is 5.69 Å². The first kappa shape index (κ1) is 17.7. The quantitative estimate of drug-likeness (QED) is 0.729. The van der Waals surface area contributed by atoms with E-state index >= 15 is 0 Å². The normalized spacial score (nSPS) is 10.3. The summed E-state index contributed by atoms with van der Waals surface area (Å²) in [7, 11) is 1.60. The minimum absolute atomic E-state index is 0.0219. The Morgan fingerprint density at radius 2 is 1.83 bits per heavy atom. The van der Waals surface area contributed by atoms with E-state index in [9.17, 15) is 9.59 Å². The summed E-state index contributed by atoms with van der Waals surface area (Å²) < 4.78 is 0.799. The SMILES string of the molecule is Cc1ccc(NC(=O)CN(C)C(=O)c2ccc(Cl)c(I)c2)cc1. The molecule has 1 N–H and O–H groups in total. The van der Waals surface area contributed by atoms with Crippen molar-refractivity contribution in [3.05, 3.63) is 62.2 Å². The van der Waals surface area contributed by atoms with Gasteiger partial charge in [0.1, 0.15) is 0 Å². The molecule has 0 spiro atoms. The number of likely N-dealkylation sites (N-methyl/N-ethyl adjacent to an activating group) is 1. The zero-order valence-electron chi connectivity index (χ0n) is 12.8. The number of anilines is 1. The number of carbonyl (C=O) groups excluding carboxylic acids is 2. The fourth-order valence-corrected chi connectivity index (χ4v) is 2.61. The van der Waals surface area contributed by atoms with Crippen molar-refractivity contribution >= 4 is 51.7 Å². The van der Waals surface area contributed by atoms with Gasteiger partial charge in [-0.05, 0) is 59.8 Å². The van der Waals surface area contributed by atoms with Crippen LogP contribution in [0.3, 0.4) is 0 Å². The summed E-state index contributed by atoms with van der Waals surface area (Å²) in [6.45, 7) is 1.96. The maximum absolute atomic E-state index is 12.3. The summed E-state index contributed by atoms with van der Waals surface area (Å²) in [5, 5.41) is 3.37. The Morgan fingerprint density at radius 3 is 2.43 bits per heavy atom. The number of rotatable bonds is 4. The fourth-order valence-electron chi connectivity index (χ4n) is 1.97. The van der Waals surface area contributed by atoms with E-state index in [1.165, 1.54) is 4.90 Å². The summed E-state index contributed by atoms with van der Waals surface area (Å²) >= 11 is 8.02. The van der Waals surface area contributed by atoms with Crippen molar-refractivity contribution in [1.29, 1.82) is 0 Å². The van der Waals surface area contributed by atoms with Gasteiger partial charge in [0, 0.05) is 21.9 Å². The van der Waals surface area contributed by atoms with Gasteiger partial charge in [0.2, 0.25) is 5.91 Å². The number of aryl methyl sites for hydroxylation is 1. The number of hydrogen-bond donors (Lipinski definition) is 1. The lowest BCUT2D eigenvalue weighted by Gasteiger charge is -2.17. The van der Waals surface area contributed by atoms with Crippen molar-refractivity contribution in [1.82, 2.24) is 4.90 Å². The highest BCUT2D eigenvalue weighted by molar-refractivity contribution is 14.1. The van der Waals surface area contributed by atoms with Gasteiger partial charge in [-0.25, -0.2) is 0 Å². The number of benzene rings is 2. The molecule has 0 saturated heterocycles. The summed E-state index contributed by atoms with van der Waals surface area (Å²) in [6.07, 6.45) is 0. The number of nitrogens with one attached hydrogen (secondary N) is 1. The Kier molecular flexibility index (Phi) is 6.01. The van der Waals surface area contributed by atoms with Gasteiger partial charge in [-0.2, -0.15) is 0 Å². The average molecular weight is 443 g/mol. The molecule has 4 nitrogen and oxygen atoms in total. The van der Waals surface area contributed by atoms with E-state index < -0.39 is 0 Å². The Bertz CT molecular complexity index is 732. The summed E-state index contributed by atoms with van der Waals surface area (Å²) in [5.41, 5.74) is 2.33. The van der Waals surface area contributed by atoms with E-state index in [0.29, 0.717) is 16.3 Å². The van der Waals surface area contributed by atoms with Crippen LogP contribution in [0.1, 0.15) is 15.9 Å². The molecule has 0 fully saturated rings.